The molecule has 8 heteroatoms. The first-order chi connectivity index (χ1) is 14.2. The first kappa shape index (κ1) is 19.4. The van der Waals surface area contributed by atoms with Gasteiger partial charge in [-0.15, -0.1) is 10.2 Å². The molecule has 2 aromatic heterocycles. The minimum absolute atomic E-state index is 0.255. The van der Waals surface area contributed by atoms with Crippen LogP contribution in [0.5, 0.6) is 5.75 Å². The molecule has 1 aromatic carbocycles. The summed E-state index contributed by atoms with van der Waals surface area (Å²) in [6.07, 6.45) is 8.52. The fraction of sp³-hybridized carbons (Fsp3) is 0.333. The zero-order valence-electron chi connectivity index (χ0n) is 16.2. The number of carbonyl (C=O) groups is 1. The highest BCUT2D eigenvalue weighted by Gasteiger charge is 2.22. The normalized spacial score (nSPS) is 14.1. The van der Waals surface area contributed by atoms with Gasteiger partial charge in [0.2, 0.25) is 0 Å². The van der Waals surface area contributed by atoms with E-state index < -0.39 is 0 Å². The standard InChI is InChI=1S/C21H22N4O3S/c1-27-20(26)15-8-10-17(11-9-15)28-14-19-23-24-21(29-18-6-2-3-7-18)25(19)16-5-4-12-22-13-16/h4-5,8-13,18H,2-3,6-7,14H2,1H3. The van der Waals surface area contributed by atoms with Gasteiger partial charge in [0.05, 0.1) is 24.6 Å². The molecule has 4 rings (SSSR count). The minimum Gasteiger partial charge on any atom is -0.486 e. The average molecular weight is 410 g/mol. The van der Waals surface area contributed by atoms with Gasteiger partial charge in [-0.25, -0.2) is 4.79 Å². The van der Waals surface area contributed by atoms with Crippen LogP contribution in [-0.4, -0.2) is 38.1 Å². The number of pyridine rings is 1. The third-order valence-corrected chi connectivity index (χ3v) is 6.10. The van der Waals surface area contributed by atoms with Crippen molar-refractivity contribution in [3.63, 3.8) is 0 Å². The molecule has 0 amide bonds. The second kappa shape index (κ2) is 9.09. The van der Waals surface area contributed by atoms with Crippen molar-refractivity contribution >= 4 is 17.7 Å². The van der Waals surface area contributed by atoms with E-state index in [1.165, 1.54) is 32.8 Å². The molecule has 0 unspecified atom stereocenters. The van der Waals surface area contributed by atoms with Gasteiger partial charge in [-0.2, -0.15) is 0 Å². The third-order valence-electron chi connectivity index (χ3n) is 4.82. The molecular weight excluding hydrogens is 388 g/mol. The van der Waals surface area contributed by atoms with Crippen LogP contribution in [0.4, 0.5) is 0 Å². The first-order valence-electron chi connectivity index (χ1n) is 9.57. The molecule has 0 aliphatic heterocycles. The molecule has 0 N–H and O–H groups in total. The molecule has 0 radical (unpaired) electrons. The van der Waals surface area contributed by atoms with Gasteiger partial charge in [-0.3, -0.25) is 9.55 Å². The van der Waals surface area contributed by atoms with Crippen molar-refractivity contribution in [1.29, 1.82) is 0 Å². The van der Waals surface area contributed by atoms with E-state index in [4.69, 9.17) is 9.47 Å². The maximum atomic E-state index is 11.6. The Morgan fingerprint density at radius 2 is 1.97 bits per heavy atom. The number of esters is 1. The SMILES string of the molecule is COC(=O)c1ccc(OCc2nnc(SC3CCCC3)n2-c2cccnc2)cc1. The number of methoxy groups -OCH3 is 1. The quantitative estimate of drug-likeness (QED) is 0.543. The van der Waals surface area contributed by atoms with Gasteiger partial charge in [-0.05, 0) is 49.2 Å². The maximum absolute atomic E-state index is 11.6. The number of ether oxygens (including phenoxy) is 2. The van der Waals surface area contributed by atoms with Crippen molar-refractivity contribution in [2.24, 2.45) is 0 Å². The average Bonchev–Trinajstić information content (AvgIpc) is 3.43. The minimum atomic E-state index is -0.374. The van der Waals surface area contributed by atoms with Crippen molar-refractivity contribution in [1.82, 2.24) is 19.7 Å². The second-order valence-corrected chi connectivity index (χ2v) is 8.04. The van der Waals surface area contributed by atoms with Crippen molar-refractivity contribution in [2.75, 3.05) is 7.11 Å². The van der Waals surface area contributed by atoms with Crippen LogP contribution in [0.3, 0.4) is 0 Å². The van der Waals surface area contributed by atoms with Gasteiger partial charge >= 0.3 is 5.97 Å². The van der Waals surface area contributed by atoms with E-state index in [2.05, 4.69) is 15.2 Å². The fourth-order valence-corrected chi connectivity index (χ4v) is 4.60. The van der Waals surface area contributed by atoms with Crippen molar-refractivity contribution in [3.05, 3.63) is 60.2 Å². The second-order valence-electron chi connectivity index (χ2n) is 6.77. The molecule has 0 saturated heterocycles. The van der Waals surface area contributed by atoms with E-state index in [0.717, 1.165) is 10.8 Å². The van der Waals surface area contributed by atoms with Crippen molar-refractivity contribution in [2.45, 2.75) is 42.7 Å². The molecule has 150 valence electrons. The lowest BCUT2D eigenvalue weighted by molar-refractivity contribution is 0.0600. The number of benzene rings is 1. The highest BCUT2D eigenvalue weighted by molar-refractivity contribution is 7.99. The molecule has 0 spiro atoms. The summed E-state index contributed by atoms with van der Waals surface area (Å²) in [4.78, 5) is 15.8. The summed E-state index contributed by atoms with van der Waals surface area (Å²) in [6, 6.07) is 10.7. The van der Waals surface area contributed by atoms with Gasteiger partial charge in [0.15, 0.2) is 11.0 Å². The van der Waals surface area contributed by atoms with Crippen LogP contribution in [0.1, 0.15) is 41.9 Å². The van der Waals surface area contributed by atoms with E-state index in [1.54, 1.807) is 48.4 Å². The summed E-state index contributed by atoms with van der Waals surface area (Å²) >= 11 is 1.78. The predicted molar refractivity (Wildman–Crippen MR) is 109 cm³/mol. The van der Waals surface area contributed by atoms with Gasteiger partial charge < -0.3 is 9.47 Å². The predicted octanol–water partition coefficient (Wildman–Crippen LogP) is 4.06. The Labute approximate surface area is 173 Å². The Balaban J connectivity index is 1.53. The van der Waals surface area contributed by atoms with Crippen molar-refractivity contribution in [3.8, 4) is 11.4 Å². The highest BCUT2D eigenvalue weighted by atomic mass is 32.2. The lowest BCUT2D eigenvalue weighted by atomic mass is 10.2. The van der Waals surface area contributed by atoms with E-state index >= 15 is 0 Å². The van der Waals surface area contributed by atoms with Crippen LogP contribution < -0.4 is 4.74 Å². The van der Waals surface area contributed by atoms with Crippen LogP contribution in [0, 0.1) is 0 Å². The fourth-order valence-electron chi connectivity index (χ4n) is 3.32. The van der Waals surface area contributed by atoms with Gasteiger partial charge in [0, 0.05) is 11.4 Å². The van der Waals surface area contributed by atoms with Gasteiger partial charge in [-0.1, -0.05) is 24.6 Å². The summed E-state index contributed by atoms with van der Waals surface area (Å²) in [5.74, 6) is 0.973. The molecule has 7 nitrogen and oxygen atoms in total. The molecule has 1 saturated carbocycles. The molecule has 29 heavy (non-hydrogen) atoms. The number of thioether (sulfide) groups is 1. The number of aromatic nitrogens is 4. The Kier molecular flexibility index (Phi) is 6.09. The monoisotopic (exact) mass is 410 g/mol. The largest absolute Gasteiger partial charge is 0.486 e. The van der Waals surface area contributed by atoms with Crippen LogP contribution >= 0.6 is 11.8 Å². The van der Waals surface area contributed by atoms with Crippen LogP contribution in [0.2, 0.25) is 0 Å². The zero-order chi connectivity index (χ0) is 20.1. The number of nitrogens with zero attached hydrogens (tertiary/aromatic N) is 4. The van der Waals surface area contributed by atoms with E-state index in [0.29, 0.717) is 22.4 Å². The lowest BCUT2D eigenvalue weighted by Gasteiger charge is -2.13. The summed E-state index contributed by atoms with van der Waals surface area (Å²) in [6.45, 7) is 0.255. The summed E-state index contributed by atoms with van der Waals surface area (Å²) < 4.78 is 12.6. The number of hydrogen-bond donors (Lipinski definition) is 0. The summed E-state index contributed by atoms with van der Waals surface area (Å²) in [5.41, 5.74) is 1.39. The molecular formula is C21H22N4O3S. The Bertz CT molecular complexity index is 954. The van der Waals surface area contributed by atoms with Crippen LogP contribution in [0.25, 0.3) is 5.69 Å². The maximum Gasteiger partial charge on any atom is 0.337 e. The Morgan fingerprint density at radius 3 is 2.66 bits per heavy atom. The number of rotatable bonds is 7. The van der Waals surface area contributed by atoms with Gasteiger partial charge in [0.1, 0.15) is 12.4 Å². The molecule has 1 aliphatic rings. The zero-order valence-corrected chi connectivity index (χ0v) is 17.0. The lowest BCUT2D eigenvalue weighted by Crippen LogP contribution is -2.08. The number of hydrogen-bond acceptors (Lipinski definition) is 7. The first-order valence-corrected chi connectivity index (χ1v) is 10.4. The van der Waals surface area contributed by atoms with Crippen molar-refractivity contribution < 1.29 is 14.3 Å². The smallest absolute Gasteiger partial charge is 0.337 e. The van der Waals surface area contributed by atoms with Crippen LogP contribution in [0.15, 0.2) is 53.9 Å². The molecule has 0 atom stereocenters. The molecule has 1 aliphatic carbocycles. The Hall–Kier alpha value is -2.87. The summed E-state index contributed by atoms with van der Waals surface area (Å²) in [5, 5.41) is 10.2. The molecule has 1 fully saturated rings. The van der Waals surface area contributed by atoms with E-state index in [-0.39, 0.29) is 12.6 Å². The molecule has 3 aromatic rings. The number of carbonyl (C=O) groups excluding carboxylic acids is 1. The van der Waals surface area contributed by atoms with E-state index in [1.807, 2.05) is 16.7 Å². The van der Waals surface area contributed by atoms with Crippen LogP contribution in [-0.2, 0) is 11.3 Å². The molecule has 2 heterocycles. The summed E-state index contributed by atoms with van der Waals surface area (Å²) in [7, 11) is 1.36. The Morgan fingerprint density at radius 1 is 1.17 bits per heavy atom. The van der Waals surface area contributed by atoms with E-state index in [9.17, 15) is 4.79 Å². The third kappa shape index (κ3) is 4.59. The molecule has 0 bridgehead atoms. The topological polar surface area (TPSA) is 79.1 Å². The highest BCUT2D eigenvalue weighted by Crippen LogP contribution is 2.35. The van der Waals surface area contributed by atoms with Gasteiger partial charge in [0.25, 0.3) is 0 Å².